The highest BCUT2D eigenvalue weighted by Crippen LogP contribution is 2.34. The van der Waals surface area contributed by atoms with Crippen molar-refractivity contribution in [1.29, 1.82) is 0 Å². The van der Waals surface area contributed by atoms with Gasteiger partial charge in [-0.15, -0.1) is 11.3 Å². The van der Waals surface area contributed by atoms with E-state index >= 15 is 0 Å². The molecular weight excluding hydrogens is 156 g/mol. The SMILES string of the molecule is CC1(NCc2cscn2)CC1. The summed E-state index contributed by atoms with van der Waals surface area (Å²) >= 11 is 1.66. The van der Waals surface area contributed by atoms with Crippen molar-refractivity contribution in [2.75, 3.05) is 0 Å². The first-order valence-corrected chi connectivity index (χ1v) is 4.85. The van der Waals surface area contributed by atoms with Gasteiger partial charge < -0.3 is 5.32 Å². The second-order valence-electron chi connectivity index (χ2n) is 3.39. The van der Waals surface area contributed by atoms with Gasteiger partial charge in [-0.3, -0.25) is 0 Å². The summed E-state index contributed by atoms with van der Waals surface area (Å²) in [5, 5.41) is 5.58. The first-order valence-electron chi connectivity index (χ1n) is 3.91. The minimum atomic E-state index is 0.434. The number of nitrogens with zero attached hydrogens (tertiary/aromatic N) is 1. The maximum Gasteiger partial charge on any atom is 0.0795 e. The minimum Gasteiger partial charge on any atom is -0.306 e. The Bertz CT molecular complexity index is 226. The molecule has 60 valence electrons. The number of hydrogen-bond acceptors (Lipinski definition) is 3. The lowest BCUT2D eigenvalue weighted by molar-refractivity contribution is 0.533. The second kappa shape index (κ2) is 2.57. The Balaban J connectivity index is 1.83. The molecule has 1 N–H and O–H groups in total. The van der Waals surface area contributed by atoms with Crippen molar-refractivity contribution in [3.63, 3.8) is 0 Å². The van der Waals surface area contributed by atoms with E-state index in [1.54, 1.807) is 11.3 Å². The molecule has 2 rings (SSSR count). The zero-order valence-electron chi connectivity index (χ0n) is 6.63. The van der Waals surface area contributed by atoms with Crippen LogP contribution < -0.4 is 5.32 Å². The van der Waals surface area contributed by atoms with Crippen LogP contribution >= 0.6 is 11.3 Å². The molecule has 0 aromatic carbocycles. The third kappa shape index (κ3) is 1.79. The Labute approximate surface area is 70.7 Å². The van der Waals surface area contributed by atoms with E-state index in [2.05, 4.69) is 22.6 Å². The quantitative estimate of drug-likeness (QED) is 0.744. The standard InChI is InChI=1S/C8H12N2S/c1-8(2-3-8)10-4-7-5-11-6-9-7/h5-6,10H,2-4H2,1H3. The second-order valence-corrected chi connectivity index (χ2v) is 4.11. The van der Waals surface area contributed by atoms with E-state index in [0.29, 0.717) is 5.54 Å². The van der Waals surface area contributed by atoms with Crippen LogP contribution in [-0.2, 0) is 6.54 Å². The molecule has 1 fully saturated rings. The van der Waals surface area contributed by atoms with E-state index in [9.17, 15) is 0 Å². The topological polar surface area (TPSA) is 24.9 Å². The zero-order valence-corrected chi connectivity index (χ0v) is 7.45. The van der Waals surface area contributed by atoms with Crippen LogP contribution in [0.5, 0.6) is 0 Å². The summed E-state index contributed by atoms with van der Waals surface area (Å²) in [5.41, 5.74) is 3.48. The van der Waals surface area contributed by atoms with Crippen molar-refractivity contribution in [2.45, 2.75) is 31.8 Å². The largest absolute Gasteiger partial charge is 0.306 e. The minimum absolute atomic E-state index is 0.434. The van der Waals surface area contributed by atoms with Crippen LogP contribution in [0.15, 0.2) is 10.9 Å². The van der Waals surface area contributed by atoms with Gasteiger partial charge in [0.15, 0.2) is 0 Å². The molecule has 2 nitrogen and oxygen atoms in total. The van der Waals surface area contributed by atoms with Gasteiger partial charge in [0, 0.05) is 17.5 Å². The lowest BCUT2D eigenvalue weighted by atomic mass is 10.3. The number of nitrogens with one attached hydrogen (secondary N) is 1. The summed E-state index contributed by atoms with van der Waals surface area (Å²) in [6.45, 7) is 3.19. The van der Waals surface area contributed by atoms with Gasteiger partial charge in [-0.2, -0.15) is 0 Å². The van der Waals surface area contributed by atoms with Crippen LogP contribution in [0, 0.1) is 0 Å². The first-order chi connectivity index (χ1) is 5.29. The smallest absolute Gasteiger partial charge is 0.0795 e. The van der Waals surface area contributed by atoms with Crippen LogP contribution in [0.3, 0.4) is 0 Å². The molecule has 0 aliphatic heterocycles. The maximum atomic E-state index is 4.20. The van der Waals surface area contributed by atoms with Gasteiger partial charge in [0.2, 0.25) is 0 Å². The summed E-state index contributed by atoms with van der Waals surface area (Å²) in [6, 6.07) is 0. The van der Waals surface area contributed by atoms with Crippen LogP contribution in [0.1, 0.15) is 25.5 Å². The third-order valence-corrected chi connectivity index (χ3v) is 2.82. The normalized spacial score (nSPS) is 20.1. The molecule has 1 heterocycles. The molecule has 0 bridgehead atoms. The molecule has 11 heavy (non-hydrogen) atoms. The monoisotopic (exact) mass is 168 g/mol. The van der Waals surface area contributed by atoms with E-state index in [1.807, 2.05) is 5.51 Å². The lowest BCUT2D eigenvalue weighted by Gasteiger charge is -2.08. The van der Waals surface area contributed by atoms with E-state index < -0.39 is 0 Å². The van der Waals surface area contributed by atoms with Gasteiger partial charge in [-0.25, -0.2) is 4.98 Å². The van der Waals surface area contributed by atoms with E-state index in [-0.39, 0.29) is 0 Å². The van der Waals surface area contributed by atoms with E-state index in [4.69, 9.17) is 0 Å². The van der Waals surface area contributed by atoms with Crippen LogP contribution in [0.25, 0.3) is 0 Å². The van der Waals surface area contributed by atoms with Crippen molar-refractivity contribution in [1.82, 2.24) is 10.3 Å². The molecule has 0 spiro atoms. The van der Waals surface area contributed by atoms with Gasteiger partial charge in [0.05, 0.1) is 11.2 Å². The fourth-order valence-electron chi connectivity index (χ4n) is 0.993. The summed E-state index contributed by atoms with van der Waals surface area (Å²) in [6.07, 6.45) is 2.63. The zero-order chi connectivity index (χ0) is 7.73. The number of aromatic nitrogens is 1. The Morgan fingerprint density at radius 1 is 1.73 bits per heavy atom. The van der Waals surface area contributed by atoms with Gasteiger partial charge in [-0.05, 0) is 19.8 Å². The Hall–Kier alpha value is -0.410. The molecule has 0 saturated heterocycles. The van der Waals surface area contributed by atoms with Crippen molar-refractivity contribution < 1.29 is 0 Å². The van der Waals surface area contributed by atoms with Crippen LogP contribution in [0.4, 0.5) is 0 Å². The van der Waals surface area contributed by atoms with Crippen LogP contribution in [0.2, 0.25) is 0 Å². The summed E-state index contributed by atoms with van der Waals surface area (Å²) in [7, 11) is 0. The summed E-state index contributed by atoms with van der Waals surface area (Å²) in [4.78, 5) is 4.20. The fraction of sp³-hybridized carbons (Fsp3) is 0.625. The highest BCUT2D eigenvalue weighted by atomic mass is 32.1. The molecule has 1 aromatic heterocycles. The molecule has 0 unspecified atom stereocenters. The van der Waals surface area contributed by atoms with Crippen molar-refractivity contribution >= 4 is 11.3 Å². The molecule has 0 amide bonds. The summed E-state index contributed by atoms with van der Waals surface area (Å²) in [5.74, 6) is 0. The number of hydrogen-bond donors (Lipinski definition) is 1. The Morgan fingerprint density at radius 2 is 2.55 bits per heavy atom. The van der Waals surface area contributed by atoms with E-state index in [1.165, 1.54) is 18.5 Å². The first kappa shape index (κ1) is 7.25. The predicted octanol–water partition coefficient (Wildman–Crippen LogP) is 1.79. The maximum absolute atomic E-state index is 4.20. The van der Waals surface area contributed by atoms with Gasteiger partial charge in [0.1, 0.15) is 0 Å². The molecule has 1 aromatic rings. The highest BCUT2D eigenvalue weighted by Gasteiger charge is 2.36. The Kier molecular flexibility index (Phi) is 1.69. The molecule has 0 radical (unpaired) electrons. The average molecular weight is 168 g/mol. The third-order valence-electron chi connectivity index (χ3n) is 2.18. The lowest BCUT2D eigenvalue weighted by Crippen LogP contribution is -2.26. The molecule has 1 aliphatic carbocycles. The van der Waals surface area contributed by atoms with E-state index in [0.717, 1.165) is 6.54 Å². The van der Waals surface area contributed by atoms with Gasteiger partial charge >= 0.3 is 0 Å². The molecule has 0 atom stereocenters. The highest BCUT2D eigenvalue weighted by molar-refractivity contribution is 7.07. The van der Waals surface area contributed by atoms with Crippen molar-refractivity contribution in [3.05, 3.63) is 16.6 Å². The van der Waals surface area contributed by atoms with Crippen molar-refractivity contribution in [2.24, 2.45) is 0 Å². The Morgan fingerprint density at radius 3 is 3.09 bits per heavy atom. The van der Waals surface area contributed by atoms with Gasteiger partial charge in [-0.1, -0.05) is 0 Å². The predicted molar refractivity (Wildman–Crippen MR) is 46.6 cm³/mol. The molecule has 1 saturated carbocycles. The number of rotatable bonds is 3. The molecular formula is C8H12N2S. The summed E-state index contributed by atoms with van der Waals surface area (Å²) < 4.78 is 0. The molecule has 3 heteroatoms. The molecule has 1 aliphatic rings. The van der Waals surface area contributed by atoms with Crippen LogP contribution in [-0.4, -0.2) is 10.5 Å². The van der Waals surface area contributed by atoms with Crippen molar-refractivity contribution in [3.8, 4) is 0 Å². The number of thiazole rings is 1. The fourth-order valence-corrected chi connectivity index (χ4v) is 1.55. The average Bonchev–Trinajstić information content (AvgIpc) is 2.53. The van der Waals surface area contributed by atoms with Gasteiger partial charge in [0.25, 0.3) is 0 Å².